The molecule has 2 heterocycles. The molecule has 1 N–H and O–H groups in total. The number of nitrogens with one attached hydrogen (secondary N) is 1. The summed E-state index contributed by atoms with van der Waals surface area (Å²) in [6, 6.07) is 32.6. The van der Waals surface area contributed by atoms with Crippen LogP contribution >= 0.6 is 0 Å². The van der Waals surface area contributed by atoms with Crippen molar-refractivity contribution in [2.45, 2.75) is 13.8 Å². The molecule has 0 saturated carbocycles. The number of amides is 1. The highest BCUT2D eigenvalue weighted by molar-refractivity contribution is 5.95. The maximum atomic E-state index is 12.6. The molecule has 0 fully saturated rings. The normalized spacial score (nSPS) is 11.1. The molecule has 3 aromatic carbocycles. The van der Waals surface area contributed by atoms with E-state index in [-0.39, 0.29) is 11.7 Å². The van der Waals surface area contributed by atoms with Gasteiger partial charge in [0.1, 0.15) is 11.5 Å². The Kier molecular flexibility index (Phi) is 6.64. The van der Waals surface area contributed by atoms with Crippen LogP contribution in [0.4, 0.5) is 0 Å². The number of aromatic nitrogens is 1. The third-order valence-corrected chi connectivity index (χ3v) is 6.09. The van der Waals surface area contributed by atoms with Crippen LogP contribution < -0.4 is 5.43 Å². The molecule has 0 unspecified atom stereocenters. The zero-order chi connectivity index (χ0) is 25.8. The van der Waals surface area contributed by atoms with E-state index in [1.165, 1.54) is 13.1 Å². The zero-order valence-electron chi connectivity index (χ0n) is 20.5. The first-order valence-electron chi connectivity index (χ1n) is 11.9. The number of ketones is 1. The molecule has 0 aliphatic heterocycles. The summed E-state index contributed by atoms with van der Waals surface area (Å²) in [6.45, 7) is 3.59. The molecule has 0 atom stereocenters. The second-order valence-electron chi connectivity index (χ2n) is 8.64. The van der Waals surface area contributed by atoms with E-state index in [2.05, 4.69) is 46.3 Å². The molecular formula is C31H25N3O3. The van der Waals surface area contributed by atoms with Crippen LogP contribution in [-0.4, -0.2) is 22.5 Å². The van der Waals surface area contributed by atoms with Gasteiger partial charge in [-0.2, -0.15) is 5.10 Å². The number of nitrogens with zero attached hydrogens (tertiary/aromatic N) is 2. The zero-order valence-corrected chi connectivity index (χ0v) is 20.5. The van der Waals surface area contributed by atoms with Crippen molar-refractivity contribution in [2.24, 2.45) is 5.10 Å². The number of hydrogen-bond donors (Lipinski definition) is 1. The number of carbonyl (C=O) groups is 2. The fourth-order valence-electron chi connectivity index (χ4n) is 4.14. The average Bonchev–Trinajstić information content (AvgIpc) is 3.56. The summed E-state index contributed by atoms with van der Waals surface area (Å²) in [5.74, 6) is 0.842. The van der Waals surface area contributed by atoms with Crippen LogP contribution in [0.25, 0.3) is 28.3 Å². The fourth-order valence-corrected chi connectivity index (χ4v) is 4.14. The largest absolute Gasteiger partial charge is 0.455 e. The monoisotopic (exact) mass is 487 g/mol. The van der Waals surface area contributed by atoms with Gasteiger partial charge in [-0.3, -0.25) is 9.59 Å². The Morgan fingerprint density at radius 2 is 1.49 bits per heavy atom. The van der Waals surface area contributed by atoms with Gasteiger partial charge in [-0.05, 0) is 67.9 Å². The Labute approximate surface area is 214 Å². The molecule has 0 aliphatic rings. The number of Topliss-reactive ketones (excluding diaryl/α,β-unsaturated/α-hetero) is 1. The fraction of sp³-hybridized carbons (Fsp3) is 0.0645. The van der Waals surface area contributed by atoms with Gasteiger partial charge in [0.05, 0.1) is 11.9 Å². The molecule has 37 heavy (non-hydrogen) atoms. The molecule has 182 valence electrons. The topological polar surface area (TPSA) is 76.6 Å². The highest BCUT2D eigenvalue weighted by Gasteiger charge is 2.11. The van der Waals surface area contributed by atoms with Crippen LogP contribution in [0.15, 0.2) is 113 Å². The molecule has 0 spiro atoms. The van der Waals surface area contributed by atoms with Crippen molar-refractivity contribution in [3.05, 3.63) is 126 Å². The third kappa shape index (κ3) is 5.18. The molecule has 0 saturated heterocycles. The highest BCUT2D eigenvalue weighted by Crippen LogP contribution is 2.26. The summed E-state index contributed by atoms with van der Waals surface area (Å²) < 4.78 is 7.95. The molecule has 0 bridgehead atoms. The Hall–Kier alpha value is -4.97. The number of rotatable bonds is 7. The van der Waals surface area contributed by atoms with E-state index in [0.717, 1.165) is 28.2 Å². The van der Waals surface area contributed by atoms with E-state index >= 15 is 0 Å². The first-order chi connectivity index (χ1) is 18.0. The Morgan fingerprint density at radius 1 is 0.784 bits per heavy atom. The van der Waals surface area contributed by atoms with E-state index in [9.17, 15) is 9.59 Å². The predicted octanol–water partition coefficient (Wildman–Crippen LogP) is 6.68. The van der Waals surface area contributed by atoms with E-state index in [1.54, 1.807) is 30.3 Å². The molecule has 6 heteroatoms. The molecule has 0 radical (unpaired) electrons. The van der Waals surface area contributed by atoms with E-state index in [1.807, 2.05) is 48.5 Å². The van der Waals surface area contributed by atoms with E-state index in [0.29, 0.717) is 22.6 Å². The summed E-state index contributed by atoms with van der Waals surface area (Å²) in [5, 5.41) is 4.03. The minimum Gasteiger partial charge on any atom is -0.455 e. The maximum absolute atomic E-state index is 12.6. The smallest absolute Gasteiger partial charge is 0.271 e. The van der Waals surface area contributed by atoms with Gasteiger partial charge >= 0.3 is 0 Å². The number of furan rings is 1. The van der Waals surface area contributed by atoms with Gasteiger partial charge in [0.25, 0.3) is 5.91 Å². The second kappa shape index (κ2) is 10.3. The molecule has 2 aromatic heterocycles. The summed E-state index contributed by atoms with van der Waals surface area (Å²) >= 11 is 0. The standard InChI is InChI=1S/C31H25N3O3/c1-21-8-18-29(24-6-4-3-5-7-24)34(21)27-15-13-26(14-16-27)31(36)33-32-20-28-17-19-30(37-28)25-11-9-23(10-12-25)22(2)35/h3-20H,1-2H3,(H,33,36)/b32-20+. The number of benzene rings is 3. The van der Waals surface area contributed by atoms with E-state index < -0.39 is 0 Å². The van der Waals surface area contributed by atoms with Gasteiger partial charge in [-0.15, -0.1) is 0 Å². The van der Waals surface area contributed by atoms with Crippen LogP contribution in [0, 0.1) is 6.92 Å². The number of hydrogen-bond acceptors (Lipinski definition) is 4. The molecule has 5 rings (SSSR count). The van der Waals surface area contributed by atoms with Gasteiger partial charge in [-0.25, -0.2) is 5.43 Å². The Balaban J connectivity index is 1.25. The first-order valence-corrected chi connectivity index (χ1v) is 11.9. The minimum absolute atomic E-state index is 0.0148. The Morgan fingerprint density at radius 3 is 2.19 bits per heavy atom. The SMILES string of the molecule is CC(=O)c1ccc(-c2ccc(/C=N/NC(=O)c3ccc(-n4c(C)ccc4-c4ccccc4)cc3)o2)cc1. The molecule has 6 nitrogen and oxygen atoms in total. The lowest BCUT2D eigenvalue weighted by atomic mass is 10.1. The summed E-state index contributed by atoms with van der Waals surface area (Å²) in [6.07, 6.45) is 1.45. The molecule has 1 amide bonds. The van der Waals surface area contributed by atoms with Crippen molar-refractivity contribution in [3.63, 3.8) is 0 Å². The predicted molar refractivity (Wildman–Crippen MR) is 145 cm³/mol. The van der Waals surface area contributed by atoms with Crippen LogP contribution in [0.3, 0.4) is 0 Å². The van der Waals surface area contributed by atoms with Crippen molar-refractivity contribution in [1.29, 1.82) is 0 Å². The maximum Gasteiger partial charge on any atom is 0.271 e. The van der Waals surface area contributed by atoms with Crippen molar-refractivity contribution in [3.8, 4) is 28.3 Å². The van der Waals surface area contributed by atoms with Crippen LogP contribution in [0.2, 0.25) is 0 Å². The van der Waals surface area contributed by atoms with Gasteiger partial charge in [0.15, 0.2) is 5.78 Å². The molecule has 5 aromatic rings. The summed E-state index contributed by atoms with van der Waals surface area (Å²) in [7, 11) is 0. The highest BCUT2D eigenvalue weighted by atomic mass is 16.3. The van der Waals surface area contributed by atoms with Crippen molar-refractivity contribution >= 4 is 17.9 Å². The number of carbonyl (C=O) groups excluding carboxylic acids is 2. The molecule has 0 aliphatic carbocycles. The van der Waals surface area contributed by atoms with Crippen molar-refractivity contribution in [1.82, 2.24) is 9.99 Å². The lowest BCUT2D eigenvalue weighted by Crippen LogP contribution is -2.17. The summed E-state index contributed by atoms with van der Waals surface area (Å²) in [4.78, 5) is 24.1. The van der Waals surface area contributed by atoms with Crippen LogP contribution in [-0.2, 0) is 0 Å². The number of aryl methyl sites for hydroxylation is 1. The average molecular weight is 488 g/mol. The van der Waals surface area contributed by atoms with Crippen molar-refractivity contribution in [2.75, 3.05) is 0 Å². The van der Waals surface area contributed by atoms with Crippen LogP contribution in [0.5, 0.6) is 0 Å². The number of hydrazone groups is 1. The lowest BCUT2D eigenvalue weighted by molar-refractivity contribution is 0.0954. The minimum atomic E-state index is -0.318. The second-order valence-corrected chi connectivity index (χ2v) is 8.64. The van der Waals surface area contributed by atoms with Crippen LogP contribution in [0.1, 0.15) is 39.1 Å². The van der Waals surface area contributed by atoms with Gasteiger partial charge in [0, 0.05) is 28.1 Å². The van der Waals surface area contributed by atoms with E-state index in [4.69, 9.17) is 4.42 Å². The quantitative estimate of drug-likeness (QED) is 0.158. The lowest BCUT2D eigenvalue weighted by Gasteiger charge is -2.12. The Bertz CT molecular complexity index is 1580. The summed E-state index contributed by atoms with van der Waals surface area (Å²) in [5.41, 5.74) is 8.83. The molecular weight excluding hydrogens is 462 g/mol. The van der Waals surface area contributed by atoms with Gasteiger partial charge in [0.2, 0.25) is 0 Å². The first kappa shape index (κ1) is 23.8. The third-order valence-electron chi connectivity index (χ3n) is 6.09. The van der Waals surface area contributed by atoms with Gasteiger partial charge < -0.3 is 8.98 Å². The van der Waals surface area contributed by atoms with Gasteiger partial charge in [-0.1, -0.05) is 54.6 Å². The van der Waals surface area contributed by atoms with Crippen molar-refractivity contribution < 1.29 is 14.0 Å².